The number of amides is 1. The molecule has 1 unspecified atom stereocenters. The summed E-state index contributed by atoms with van der Waals surface area (Å²) in [6, 6.07) is 8.61. The number of anilines is 1. The average molecular weight is 294 g/mol. The Morgan fingerprint density at radius 3 is 2.75 bits per heavy atom. The Hall–Kier alpha value is -2.14. The molecular formula is C14H13ClFN3O. The largest absolute Gasteiger partial charge is 0.384 e. The van der Waals surface area contributed by atoms with Gasteiger partial charge in [0, 0.05) is 11.1 Å². The third kappa shape index (κ3) is 3.24. The summed E-state index contributed by atoms with van der Waals surface area (Å²) < 4.78 is 13.6. The number of hydrogen-bond donors (Lipinski definition) is 2. The van der Waals surface area contributed by atoms with Gasteiger partial charge in [0.15, 0.2) is 0 Å². The number of nitrogen functional groups attached to an aromatic ring is 1. The minimum absolute atomic E-state index is 0.133. The molecule has 1 atom stereocenters. The number of benzene rings is 1. The summed E-state index contributed by atoms with van der Waals surface area (Å²) in [6.07, 6.45) is 0. The first-order valence-corrected chi connectivity index (χ1v) is 6.33. The third-order valence-corrected chi connectivity index (χ3v) is 2.99. The van der Waals surface area contributed by atoms with Gasteiger partial charge < -0.3 is 11.1 Å². The SMILES string of the molecule is CC(NC(=O)c1cc(N)nc(Cl)c1)c1ccccc1F. The van der Waals surface area contributed by atoms with E-state index in [0.29, 0.717) is 5.56 Å². The lowest BCUT2D eigenvalue weighted by molar-refractivity contribution is 0.0939. The van der Waals surface area contributed by atoms with Gasteiger partial charge in [-0.15, -0.1) is 0 Å². The number of aromatic nitrogens is 1. The number of nitrogens with two attached hydrogens (primary N) is 1. The van der Waals surface area contributed by atoms with Crippen LogP contribution in [0.25, 0.3) is 0 Å². The molecule has 1 heterocycles. The van der Waals surface area contributed by atoms with E-state index in [4.69, 9.17) is 17.3 Å². The zero-order valence-electron chi connectivity index (χ0n) is 10.7. The summed E-state index contributed by atoms with van der Waals surface area (Å²) in [5.41, 5.74) is 6.22. The fourth-order valence-electron chi connectivity index (χ4n) is 1.83. The zero-order valence-corrected chi connectivity index (χ0v) is 11.5. The van der Waals surface area contributed by atoms with Crippen molar-refractivity contribution in [2.75, 3.05) is 5.73 Å². The van der Waals surface area contributed by atoms with Crippen LogP contribution in [0.15, 0.2) is 36.4 Å². The van der Waals surface area contributed by atoms with Gasteiger partial charge in [0.25, 0.3) is 5.91 Å². The lowest BCUT2D eigenvalue weighted by Gasteiger charge is -2.15. The van der Waals surface area contributed by atoms with Gasteiger partial charge in [-0.2, -0.15) is 0 Å². The molecule has 1 aromatic heterocycles. The second kappa shape index (κ2) is 5.88. The molecule has 3 N–H and O–H groups in total. The van der Waals surface area contributed by atoms with Crippen LogP contribution in [0.1, 0.15) is 28.9 Å². The smallest absolute Gasteiger partial charge is 0.251 e. The lowest BCUT2D eigenvalue weighted by atomic mass is 10.1. The van der Waals surface area contributed by atoms with Crippen molar-refractivity contribution in [3.05, 3.63) is 58.5 Å². The van der Waals surface area contributed by atoms with Crippen molar-refractivity contribution in [3.63, 3.8) is 0 Å². The number of carbonyl (C=O) groups excluding carboxylic acids is 1. The first-order valence-electron chi connectivity index (χ1n) is 5.95. The Balaban J connectivity index is 2.17. The predicted octanol–water partition coefficient (Wildman–Crippen LogP) is 2.95. The van der Waals surface area contributed by atoms with Gasteiger partial charge in [-0.05, 0) is 25.1 Å². The van der Waals surface area contributed by atoms with Crippen molar-refractivity contribution in [2.24, 2.45) is 0 Å². The van der Waals surface area contributed by atoms with Crippen LogP contribution >= 0.6 is 11.6 Å². The number of nitrogens with zero attached hydrogens (tertiary/aromatic N) is 1. The van der Waals surface area contributed by atoms with E-state index >= 15 is 0 Å². The molecule has 2 rings (SSSR count). The van der Waals surface area contributed by atoms with Crippen molar-refractivity contribution in [3.8, 4) is 0 Å². The van der Waals surface area contributed by atoms with Crippen molar-refractivity contribution in [2.45, 2.75) is 13.0 Å². The van der Waals surface area contributed by atoms with Crippen molar-refractivity contribution >= 4 is 23.3 Å². The molecule has 104 valence electrons. The molecule has 0 saturated heterocycles. The Kier molecular flexibility index (Phi) is 4.20. The monoisotopic (exact) mass is 293 g/mol. The molecule has 0 spiro atoms. The molecule has 0 saturated carbocycles. The molecule has 0 fully saturated rings. The Bertz CT molecular complexity index is 628. The maximum absolute atomic E-state index is 13.6. The van der Waals surface area contributed by atoms with Gasteiger partial charge in [0.2, 0.25) is 0 Å². The summed E-state index contributed by atoms with van der Waals surface area (Å²) >= 11 is 5.74. The molecule has 0 aliphatic rings. The Morgan fingerprint density at radius 2 is 2.10 bits per heavy atom. The minimum Gasteiger partial charge on any atom is -0.384 e. The van der Waals surface area contributed by atoms with E-state index in [2.05, 4.69) is 10.3 Å². The number of carbonyl (C=O) groups is 1. The quantitative estimate of drug-likeness (QED) is 0.855. The highest BCUT2D eigenvalue weighted by atomic mass is 35.5. The fourth-order valence-corrected chi connectivity index (χ4v) is 2.05. The molecule has 0 aliphatic heterocycles. The van der Waals surface area contributed by atoms with Crippen LogP contribution in [0.2, 0.25) is 5.15 Å². The number of nitrogens with one attached hydrogen (secondary N) is 1. The van der Waals surface area contributed by atoms with E-state index in [9.17, 15) is 9.18 Å². The van der Waals surface area contributed by atoms with Gasteiger partial charge in [0.05, 0.1) is 6.04 Å². The molecular weight excluding hydrogens is 281 g/mol. The summed E-state index contributed by atoms with van der Waals surface area (Å²) in [6.45, 7) is 1.70. The third-order valence-electron chi connectivity index (χ3n) is 2.80. The first kappa shape index (κ1) is 14.3. The molecule has 4 nitrogen and oxygen atoms in total. The molecule has 1 aromatic carbocycles. The van der Waals surface area contributed by atoms with E-state index < -0.39 is 11.9 Å². The average Bonchev–Trinajstić information content (AvgIpc) is 2.37. The highest BCUT2D eigenvalue weighted by Crippen LogP contribution is 2.18. The number of pyridine rings is 1. The van der Waals surface area contributed by atoms with Crippen molar-refractivity contribution < 1.29 is 9.18 Å². The molecule has 0 bridgehead atoms. The van der Waals surface area contributed by atoms with Crippen LogP contribution in [-0.4, -0.2) is 10.9 Å². The fraction of sp³-hybridized carbons (Fsp3) is 0.143. The van der Waals surface area contributed by atoms with Gasteiger partial charge in [-0.3, -0.25) is 4.79 Å². The van der Waals surface area contributed by atoms with E-state index in [1.807, 2.05) is 0 Å². The predicted molar refractivity (Wildman–Crippen MR) is 75.9 cm³/mol. The van der Waals surface area contributed by atoms with Crippen LogP contribution in [0, 0.1) is 5.82 Å². The summed E-state index contributed by atoms with van der Waals surface area (Å²) in [4.78, 5) is 15.8. The number of hydrogen-bond acceptors (Lipinski definition) is 3. The molecule has 0 aliphatic carbocycles. The van der Waals surface area contributed by atoms with Crippen LogP contribution in [-0.2, 0) is 0 Å². The summed E-state index contributed by atoms with van der Waals surface area (Å²) in [5.74, 6) is -0.606. The van der Waals surface area contributed by atoms with Crippen LogP contribution in [0.3, 0.4) is 0 Å². The van der Waals surface area contributed by atoms with Gasteiger partial charge in [-0.1, -0.05) is 29.8 Å². The van der Waals surface area contributed by atoms with Crippen LogP contribution in [0.5, 0.6) is 0 Å². The van der Waals surface area contributed by atoms with E-state index in [1.54, 1.807) is 25.1 Å². The van der Waals surface area contributed by atoms with Gasteiger partial charge in [0.1, 0.15) is 16.8 Å². The highest BCUT2D eigenvalue weighted by Gasteiger charge is 2.15. The Morgan fingerprint density at radius 1 is 1.40 bits per heavy atom. The topological polar surface area (TPSA) is 68.0 Å². The molecule has 6 heteroatoms. The Labute approximate surface area is 120 Å². The maximum atomic E-state index is 13.6. The second-order valence-electron chi connectivity index (χ2n) is 4.32. The molecule has 2 aromatic rings. The first-order chi connectivity index (χ1) is 9.47. The van der Waals surface area contributed by atoms with Crippen LogP contribution in [0.4, 0.5) is 10.2 Å². The summed E-state index contributed by atoms with van der Waals surface area (Å²) in [5, 5.41) is 2.82. The maximum Gasteiger partial charge on any atom is 0.251 e. The highest BCUT2D eigenvalue weighted by molar-refractivity contribution is 6.29. The summed E-state index contributed by atoms with van der Waals surface area (Å²) in [7, 11) is 0. The van der Waals surface area contributed by atoms with E-state index in [1.165, 1.54) is 18.2 Å². The molecule has 1 amide bonds. The van der Waals surface area contributed by atoms with Crippen LogP contribution < -0.4 is 11.1 Å². The van der Waals surface area contributed by atoms with Gasteiger partial charge >= 0.3 is 0 Å². The molecule has 0 radical (unpaired) electrons. The normalized spacial score (nSPS) is 11.9. The lowest BCUT2D eigenvalue weighted by Crippen LogP contribution is -2.27. The van der Waals surface area contributed by atoms with Crippen molar-refractivity contribution in [1.82, 2.24) is 10.3 Å². The zero-order chi connectivity index (χ0) is 14.7. The second-order valence-corrected chi connectivity index (χ2v) is 4.71. The number of halogens is 2. The van der Waals surface area contributed by atoms with E-state index in [-0.39, 0.29) is 22.4 Å². The van der Waals surface area contributed by atoms with Crippen molar-refractivity contribution in [1.29, 1.82) is 0 Å². The molecule has 20 heavy (non-hydrogen) atoms. The van der Waals surface area contributed by atoms with Gasteiger partial charge in [-0.25, -0.2) is 9.37 Å². The number of rotatable bonds is 3. The van der Waals surface area contributed by atoms with E-state index in [0.717, 1.165) is 0 Å². The standard InChI is InChI=1S/C14H13ClFN3O/c1-8(10-4-2-3-5-11(10)16)18-14(20)9-6-12(15)19-13(17)7-9/h2-8H,1H3,(H2,17,19)(H,18,20). The minimum atomic E-state index is -0.475.